The van der Waals surface area contributed by atoms with Crippen molar-refractivity contribution in [3.8, 4) is 0 Å². The average Bonchev–Trinajstić information content (AvgIpc) is 2.50. The Balaban J connectivity index is 2.18. The molecule has 2 nitrogen and oxygen atoms in total. The maximum Gasteiger partial charge on any atom is 0.0476 e. The Labute approximate surface area is 72.9 Å². The highest BCUT2D eigenvalue weighted by atomic mass is 14.7. The second-order valence-electron chi connectivity index (χ2n) is 3.28. The summed E-state index contributed by atoms with van der Waals surface area (Å²) in [5.41, 5.74) is 9.51. The van der Waals surface area contributed by atoms with Crippen LogP contribution < -0.4 is 5.73 Å². The van der Waals surface area contributed by atoms with Crippen LogP contribution in [0, 0.1) is 0 Å². The minimum atomic E-state index is 0.728. The van der Waals surface area contributed by atoms with Crippen molar-refractivity contribution in [1.82, 2.24) is 0 Å². The summed E-state index contributed by atoms with van der Waals surface area (Å²) >= 11 is 0. The molecule has 0 aromatic heterocycles. The Kier molecular flexibility index (Phi) is 2.09. The van der Waals surface area contributed by atoms with Crippen LogP contribution in [0.4, 0.5) is 0 Å². The average molecular weight is 162 g/mol. The summed E-state index contributed by atoms with van der Waals surface area (Å²) in [7, 11) is 0. The highest BCUT2D eigenvalue weighted by Crippen LogP contribution is 2.28. The highest BCUT2D eigenvalue weighted by Gasteiger charge is 2.18. The molecular weight excluding hydrogens is 148 g/mol. The molecule has 12 heavy (non-hydrogen) atoms. The molecule has 0 saturated heterocycles. The van der Waals surface area contributed by atoms with Gasteiger partial charge in [-0.3, -0.25) is 4.99 Å². The monoisotopic (exact) mass is 162 g/mol. The summed E-state index contributed by atoms with van der Waals surface area (Å²) in [4.78, 5) is 4.39. The van der Waals surface area contributed by atoms with Crippen molar-refractivity contribution in [2.75, 3.05) is 6.54 Å². The molecule has 0 unspecified atom stereocenters. The molecule has 2 rings (SSSR count). The molecule has 64 valence electrons. The van der Waals surface area contributed by atoms with Gasteiger partial charge in [-0.05, 0) is 43.4 Å². The van der Waals surface area contributed by atoms with E-state index in [4.69, 9.17) is 5.73 Å². The Bertz CT molecular complexity index is 272. The van der Waals surface area contributed by atoms with E-state index in [-0.39, 0.29) is 0 Å². The molecule has 1 aliphatic carbocycles. The fourth-order valence-electron chi connectivity index (χ4n) is 1.80. The van der Waals surface area contributed by atoms with Gasteiger partial charge in [0.25, 0.3) is 0 Å². The summed E-state index contributed by atoms with van der Waals surface area (Å²) in [6, 6.07) is 0. The summed E-state index contributed by atoms with van der Waals surface area (Å²) in [6.45, 7) is 0.728. The molecule has 0 atom stereocenters. The Hall–Kier alpha value is -0.890. The van der Waals surface area contributed by atoms with Crippen molar-refractivity contribution >= 4 is 5.71 Å². The van der Waals surface area contributed by atoms with E-state index in [2.05, 4.69) is 11.1 Å². The Morgan fingerprint density at radius 2 is 2.42 bits per heavy atom. The molecule has 0 aromatic carbocycles. The number of rotatable bonds is 2. The van der Waals surface area contributed by atoms with Crippen LogP contribution in [0.5, 0.6) is 0 Å². The molecule has 0 radical (unpaired) electrons. The summed E-state index contributed by atoms with van der Waals surface area (Å²) < 4.78 is 0. The van der Waals surface area contributed by atoms with Crippen molar-refractivity contribution in [2.45, 2.75) is 25.7 Å². The first-order chi connectivity index (χ1) is 5.92. The number of allylic oxidation sites excluding steroid dienone is 2. The lowest BCUT2D eigenvalue weighted by atomic mass is 9.92. The molecule has 0 saturated carbocycles. The predicted molar refractivity (Wildman–Crippen MR) is 51.1 cm³/mol. The van der Waals surface area contributed by atoms with Crippen molar-refractivity contribution in [3.05, 3.63) is 23.4 Å². The number of nitrogens with two attached hydrogens (primary N) is 1. The minimum absolute atomic E-state index is 0.728. The smallest absolute Gasteiger partial charge is 0.0476 e. The lowest BCUT2D eigenvalue weighted by Crippen LogP contribution is -2.08. The van der Waals surface area contributed by atoms with Crippen molar-refractivity contribution < 1.29 is 0 Å². The third-order valence-corrected chi connectivity index (χ3v) is 2.41. The van der Waals surface area contributed by atoms with Gasteiger partial charge in [0.15, 0.2) is 0 Å². The van der Waals surface area contributed by atoms with Gasteiger partial charge in [0.2, 0.25) is 0 Å². The van der Waals surface area contributed by atoms with Crippen LogP contribution in [0.15, 0.2) is 28.4 Å². The van der Waals surface area contributed by atoms with E-state index in [1.54, 1.807) is 0 Å². The molecule has 0 spiro atoms. The quantitative estimate of drug-likeness (QED) is 0.660. The number of aliphatic imine (C=N–C) groups is 1. The Morgan fingerprint density at radius 3 is 3.25 bits per heavy atom. The van der Waals surface area contributed by atoms with Crippen LogP contribution in [0.1, 0.15) is 25.7 Å². The van der Waals surface area contributed by atoms with Gasteiger partial charge in [-0.25, -0.2) is 0 Å². The van der Waals surface area contributed by atoms with E-state index in [0.717, 1.165) is 19.4 Å². The van der Waals surface area contributed by atoms with Gasteiger partial charge in [0.05, 0.1) is 0 Å². The van der Waals surface area contributed by atoms with Crippen molar-refractivity contribution in [3.63, 3.8) is 0 Å². The molecule has 0 fully saturated rings. The third-order valence-electron chi connectivity index (χ3n) is 2.41. The Morgan fingerprint density at radius 1 is 1.50 bits per heavy atom. The first kappa shape index (κ1) is 7.74. The number of hydrogen-bond acceptors (Lipinski definition) is 2. The number of hydrogen-bond donors (Lipinski definition) is 1. The van der Waals surface area contributed by atoms with Gasteiger partial charge in [0, 0.05) is 11.9 Å². The first-order valence-electron chi connectivity index (χ1n) is 4.58. The second kappa shape index (κ2) is 3.23. The van der Waals surface area contributed by atoms with Crippen molar-refractivity contribution in [1.29, 1.82) is 0 Å². The van der Waals surface area contributed by atoms with Crippen LogP contribution in [0.3, 0.4) is 0 Å². The lowest BCUT2D eigenvalue weighted by Gasteiger charge is -2.12. The third kappa shape index (κ3) is 1.23. The topological polar surface area (TPSA) is 38.4 Å². The summed E-state index contributed by atoms with van der Waals surface area (Å²) in [5, 5.41) is 0. The van der Waals surface area contributed by atoms with Gasteiger partial charge in [0.1, 0.15) is 0 Å². The van der Waals surface area contributed by atoms with Gasteiger partial charge in [-0.1, -0.05) is 6.08 Å². The summed E-state index contributed by atoms with van der Waals surface area (Å²) in [5.74, 6) is 0. The first-order valence-corrected chi connectivity index (χ1v) is 4.58. The van der Waals surface area contributed by atoms with E-state index in [0.29, 0.717) is 0 Å². The minimum Gasteiger partial charge on any atom is -0.330 e. The van der Waals surface area contributed by atoms with E-state index in [1.165, 1.54) is 29.7 Å². The number of nitrogens with zero attached hydrogens (tertiary/aromatic N) is 1. The SMILES string of the molecule is NCCC1=CN=C2CCCC=C12. The molecule has 0 amide bonds. The van der Waals surface area contributed by atoms with Gasteiger partial charge < -0.3 is 5.73 Å². The van der Waals surface area contributed by atoms with Crippen LogP contribution in [0.2, 0.25) is 0 Å². The molecule has 0 bridgehead atoms. The van der Waals surface area contributed by atoms with Crippen molar-refractivity contribution in [2.24, 2.45) is 10.7 Å². The van der Waals surface area contributed by atoms with Crippen LogP contribution >= 0.6 is 0 Å². The van der Waals surface area contributed by atoms with Crippen LogP contribution in [-0.2, 0) is 0 Å². The molecule has 2 aliphatic rings. The largest absolute Gasteiger partial charge is 0.330 e. The van der Waals surface area contributed by atoms with E-state index >= 15 is 0 Å². The molecule has 1 aliphatic heterocycles. The van der Waals surface area contributed by atoms with Gasteiger partial charge in [-0.15, -0.1) is 0 Å². The fraction of sp³-hybridized carbons (Fsp3) is 0.500. The number of fused-ring (bicyclic) bond motifs is 1. The zero-order valence-corrected chi connectivity index (χ0v) is 7.21. The zero-order valence-electron chi connectivity index (χ0n) is 7.21. The molecule has 1 heterocycles. The highest BCUT2D eigenvalue weighted by molar-refractivity contribution is 6.06. The van der Waals surface area contributed by atoms with E-state index in [1.807, 2.05) is 6.20 Å². The molecular formula is C10H14N2. The predicted octanol–water partition coefficient (Wildman–Crippen LogP) is 1.78. The standard InChI is InChI=1S/C10H14N2/c11-6-5-8-7-12-10-4-2-1-3-9(8)10/h3,7H,1-2,4-6,11H2. The van der Waals surface area contributed by atoms with Gasteiger partial charge >= 0.3 is 0 Å². The normalized spacial score (nSPS) is 21.2. The maximum atomic E-state index is 5.51. The van der Waals surface area contributed by atoms with Crippen LogP contribution in [-0.4, -0.2) is 12.3 Å². The maximum absolute atomic E-state index is 5.51. The summed E-state index contributed by atoms with van der Waals surface area (Å²) in [6.07, 6.45) is 8.87. The zero-order chi connectivity index (χ0) is 8.39. The lowest BCUT2D eigenvalue weighted by molar-refractivity contribution is 0.866. The van der Waals surface area contributed by atoms with E-state index in [9.17, 15) is 0 Å². The van der Waals surface area contributed by atoms with Crippen LogP contribution in [0.25, 0.3) is 0 Å². The molecule has 2 heteroatoms. The second-order valence-corrected chi connectivity index (χ2v) is 3.28. The van der Waals surface area contributed by atoms with E-state index < -0.39 is 0 Å². The molecule has 2 N–H and O–H groups in total. The fourth-order valence-corrected chi connectivity index (χ4v) is 1.80. The van der Waals surface area contributed by atoms with Gasteiger partial charge in [-0.2, -0.15) is 0 Å². The molecule has 0 aromatic rings.